The van der Waals surface area contributed by atoms with Crippen molar-refractivity contribution in [2.45, 2.75) is 26.3 Å². The molecule has 130 valence electrons. The zero-order valence-corrected chi connectivity index (χ0v) is 15.5. The molecule has 0 amide bonds. The minimum absolute atomic E-state index is 0.0731. The van der Waals surface area contributed by atoms with Crippen LogP contribution in [0.5, 0.6) is 0 Å². The van der Waals surface area contributed by atoms with Crippen LogP contribution in [0.1, 0.15) is 29.8 Å². The predicted octanol–water partition coefficient (Wildman–Crippen LogP) is 4.88. The van der Waals surface area contributed by atoms with E-state index in [0.717, 1.165) is 33.7 Å². The van der Waals surface area contributed by atoms with Crippen molar-refractivity contribution in [2.24, 2.45) is 0 Å². The van der Waals surface area contributed by atoms with Gasteiger partial charge in [-0.2, -0.15) is 0 Å². The first-order valence-corrected chi connectivity index (χ1v) is 9.44. The Morgan fingerprint density at radius 1 is 1.08 bits per heavy atom. The maximum Gasteiger partial charge on any atom is 0.162 e. The van der Waals surface area contributed by atoms with Gasteiger partial charge in [0, 0.05) is 34.4 Å². The molecule has 0 saturated carbocycles. The lowest BCUT2D eigenvalue weighted by molar-refractivity contribution is 0.862. The summed E-state index contributed by atoms with van der Waals surface area (Å²) in [5.74, 6) is 1.51. The van der Waals surface area contributed by atoms with Gasteiger partial charge in [0.05, 0.1) is 11.6 Å². The van der Waals surface area contributed by atoms with Gasteiger partial charge < -0.3 is 5.32 Å². The Bertz CT molecular complexity index is 1030. The highest BCUT2D eigenvalue weighted by Crippen LogP contribution is 2.29. The Labute approximate surface area is 156 Å². The number of rotatable bonds is 5. The second-order valence-electron chi connectivity index (χ2n) is 6.03. The minimum atomic E-state index is 0.0731. The van der Waals surface area contributed by atoms with Crippen LogP contribution >= 0.6 is 11.3 Å². The molecule has 1 atom stereocenters. The van der Waals surface area contributed by atoms with Crippen LogP contribution in [-0.4, -0.2) is 19.9 Å². The van der Waals surface area contributed by atoms with E-state index >= 15 is 0 Å². The number of aryl methyl sites for hydroxylation is 1. The van der Waals surface area contributed by atoms with E-state index in [4.69, 9.17) is 9.97 Å². The highest BCUT2D eigenvalue weighted by Gasteiger charge is 2.14. The zero-order valence-electron chi connectivity index (χ0n) is 14.7. The molecule has 4 rings (SSSR count). The lowest BCUT2D eigenvalue weighted by atomic mass is 10.2. The fourth-order valence-electron chi connectivity index (χ4n) is 2.77. The maximum atomic E-state index is 4.79. The molecule has 6 heteroatoms. The normalized spacial score (nSPS) is 12.2. The van der Waals surface area contributed by atoms with E-state index in [2.05, 4.69) is 29.1 Å². The SMILES string of the molecule is CCc1cnc(C(C)Nc2nc(-c3ccncc3)nc3ccccc23)s1. The summed E-state index contributed by atoms with van der Waals surface area (Å²) in [6.07, 6.45) is 6.47. The summed E-state index contributed by atoms with van der Waals surface area (Å²) in [7, 11) is 0. The molecule has 0 aliphatic carbocycles. The summed E-state index contributed by atoms with van der Waals surface area (Å²) in [6.45, 7) is 4.26. The smallest absolute Gasteiger partial charge is 0.162 e. The number of hydrogen-bond donors (Lipinski definition) is 1. The second-order valence-corrected chi connectivity index (χ2v) is 7.18. The van der Waals surface area contributed by atoms with Crippen LogP contribution in [0.25, 0.3) is 22.3 Å². The van der Waals surface area contributed by atoms with Crippen molar-refractivity contribution in [1.29, 1.82) is 0 Å². The van der Waals surface area contributed by atoms with Gasteiger partial charge in [0.1, 0.15) is 10.8 Å². The number of hydrogen-bond acceptors (Lipinski definition) is 6. The van der Waals surface area contributed by atoms with E-state index < -0.39 is 0 Å². The average molecular weight is 361 g/mol. The first-order valence-electron chi connectivity index (χ1n) is 8.63. The molecule has 0 bridgehead atoms. The third kappa shape index (κ3) is 3.28. The minimum Gasteiger partial charge on any atom is -0.360 e. The first kappa shape index (κ1) is 16.6. The van der Waals surface area contributed by atoms with E-state index in [0.29, 0.717) is 5.82 Å². The van der Waals surface area contributed by atoms with Crippen LogP contribution in [0.15, 0.2) is 55.0 Å². The van der Waals surface area contributed by atoms with Crippen molar-refractivity contribution in [3.05, 3.63) is 64.9 Å². The number of anilines is 1. The highest BCUT2D eigenvalue weighted by atomic mass is 32.1. The van der Waals surface area contributed by atoms with Crippen molar-refractivity contribution in [3.63, 3.8) is 0 Å². The third-order valence-corrected chi connectivity index (χ3v) is 5.51. The van der Waals surface area contributed by atoms with Gasteiger partial charge in [-0.3, -0.25) is 4.98 Å². The van der Waals surface area contributed by atoms with Gasteiger partial charge in [-0.15, -0.1) is 11.3 Å². The summed E-state index contributed by atoms with van der Waals surface area (Å²) in [5, 5.41) is 5.60. The number of para-hydroxylation sites is 1. The van der Waals surface area contributed by atoms with Crippen LogP contribution in [0.4, 0.5) is 5.82 Å². The molecule has 4 aromatic rings. The Hall–Kier alpha value is -2.86. The summed E-state index contributed by atoms with van der Waals surface area (Å²) in [6, 6.07) is 12.0. The quantitative estimate of drug-likeness (QED) is 0.549. The summed E-state index contributed by atoms with van der Waals surface area (Å²) in [5.41, 5.74) is 1.86. The number of benzene rings is 1. The van der Waals surface area contributed by atoms with Crippen LogP contribution in [-0.2, 0) is 6.42 Å². The summed E-state index contributed by atoms with van der Waals surface area (Å²) < 4.78 is 0. The van der Waals surface area contributed by atoms with Crippen LogP contribution in [0.3, 0.4) is 0 Å². The lowest BCUT2D eigenvalue weighted by Crippen LogP contribution is -2.09. The second kappa shape index (κ2) is 7.17. The molecule has 0 radical (unpaired) electrons. The van der Waals surface area contributed by atoms with Gasteiger partial charge in [0.25, 0.3) is 0 Å². The molecular weight excluding hydrogens is 342 g/mol. The lowest BCUT2D eigenvalue weighted by Gasteiger charge is -2.15. The molecule has 0 fully saturated rings. The van der Waals surface area contributed by atoms with Crippen LogP contribution < -0.4 is 5.32 Å². The Kier molecular flexibility index (Phi) is 4.58. The number of pyridine rings is 1. The molecule has 26 heavy (non-hydrogen) atoms. The molecule has 5 nitrogen and oxygen atoms in total. The number of aromatic nitrogens is 4. The van der Waals surface area contributed by atoms with Gasteiger partial charge >= 0.3 is 0 Å². The van der Waals surface area contributed by atoms with Gasteiger partial charge in [-0.05, 0) is 37.6 Å². The fraction of sp³-hybridized carbons (Fsp3) is 0.200. The molecular formula is C20H19N5S. The predicted molar refractivity (Wildman–Crippen MR) is 106 cm³/mol. The van der Waals surface area contributed by atoms with Crippen molar-refractivity contribution in [1.82, 2.24) is 19.9 Å². The van der Waals surface area contributed by atoms with Gasteiger partial charge in [0.2, 0.25) is 0 Å². The number of thiazole rings is 1. The molecule has 1 unspecified atom stereocenters. The molecule has 0 aliphatic rings. The van der Waals surface area contributed by atoms with Crippen molar-refractivity contribution in [2.75, 3.05) is 5.32 Å². The molecule has 0 aliphatic heterocycles. The van der Waals surface area contributed by atoms with E-state index in [-0.39, 0.29) is 6.04 Å². The molecule has 0 spiro atoms. The average Bonchev–Trinajstić information content (AvgIpc) is 3.18. The number of fused-ring (bicyclic) bond motifs is 1. The first-order chi connectivity index (χ1) is 12.7. The third-order valence-electron chi connectivity index (χ3n) is 4.19. The molecule has 1 N–H and O–H groups in total. The maximum absolute atomic E-state index is 4.79. The summed E-state index contributed by atoms with van der Waals surface area (Å²) >= 11 is 1.74. The molecule has 3 heterocycles. The Morgan fingerprint density at radius 2 is 1.88 bits per heavy atom. The Morgan fingerprint density at radius 3 is 2.65 bits per heavy atom. The fourth-order valence-corrected chi connectivity index (χ4v) is 3.63. The monoisotopic (exact) mass is 361 g/mol. The van der Waals surface area contributed by atoms with Crippen molar-refractivity contribution in [3.8, 4) is 11.4 Å². The molecule has 1 aromatic carbocycles. The van der Waals surface area contributed by atoms with E-state index in [1.165, 1.54) is 4.88 Å². The van der Waals surface area contributed by atoms with Crippen molar-refractivity contribution < 1.29 is 0 Å². The van der Waals surface area contributed by atoms with Gasteiger partial charge in [-0.1, -0.05) is 19.1 Å². The topological polar surface area (TPSA) is 63.6 Å². The Balaban J connectivity index is 1.75. The number of nitrogens with one attached hydrogen (secondary N) is 1. The van der Waals surface area contributed by atoms with E-state index in [1.54, 1.807) is 23.7 Å². The molecule has 0 saturated heterocycles. The highest BCUT2D eigenvalue weighted by molar-refractivity contribution is 7.11. The summed E-state index contributed by atoms with van der Waals surface area (Å²) in [4.78, 5) is 19.4. The number of nitrogens with zero attached hydrogens (tertiary/aromatic N) is 4. The van der Waals surface area contributed by atoms with Gasteiger partial charge in [0.15, 0.2) is 5.82 Å². The largest absolute Gasteiger partial charge is 0.360 e. The van der Waals surface area contributed by atoms with E-state index in [1.807, 2.05) is 42.6 Å². The van der Waals surface area contributed by atoms with Crippen LogP contribution in [0.2, 0.25) is 0 Å². The van der Waals surface area contributed by atoms with Crippen molar-refractivity contribution >= 4 is 28.1 Å². The zero-order chi connectivity index (χ0) is 17.9. The van der Waals surface area contributed by atoms with E-state index in [9.17, 15) is 0 Å². The standard InChI is InChI=1S/C20H19N5S/c1-3-15-12-22-20(26-15)13(2)23-19-16-6-4-5-7-17(16)24-18(25-19)14-8-10-21-11-9-14/h4-13H,3H2,1-2H3,(H,23,24,25). The molecule has 3 aromatic heterocycles. The van der Waals surface area contributed by atoms with Gasteiger partial charge in [-0.25, -0.2) is 15.0 Å². The van der Waals surface area contributed by atoms with Crippen LogP contribution in [0, 0.1) is 0 Å².